The standard InChI is InChI=1S/C26H31N3O4/c1-17(2)12-13-27-25(31)26(3)16-28-20-9-7-6-8-18(20)14-21(28)24(30)29(26)19-10-11-22(32-4)23(15-19)33-5/h6-11,14-15,17H,12-13,16H2,1-5H3,(H,27,31)/t26-/m0/s1. The summed E-state index contributed by atoms with van der Waals surface area (Å²) in [6, 6.07) is 15.0. The van der Waals surface area contributed by atoms with Crippen LogP contribution in [0, 0.1) is 5.92 Å². The minimum atomic E-state index is -1.14. The van der Waals surface area contributed by atoms with E-state index in [-0.39, 0.29) is 11.8 Å². The number of nitrogens with one attached hydrogen (secondary N) is 1. The Morgan fingerprint density at radius 1 is 1.09 bits per heavy atom. The van der Waals surface area contributed by atoms with E-state index in [0.29, 0.717) is 41.9 Å². The van der Waals surface area contributed by atoms with Crippen LogP contribution in [0.15, 0.2) is 48.5 Å². The van der Waals surface area contributed by atoms with Crippen LogP contribution in [0.4, 0.5) is 5.69 Å². The lowest BCUT2D eigenvalue weighted by Gasteiger charge is -2.44. The van der Waals surface area contributed by atoms with Crippen molar-refractivity contribution in [2.45, 2.75) is 39.3 Å². The molecule has 33 heavy (non-hydrogen) atoms. The molecule has 7 nitrogen and oxygen atoms in total. The molecule has 0 fully saturated rings. The molecule has 1 aromatic heterocycles. The number of rotatable bonds is 7. The zero-order valence-electron chi connectivity index (χ0n) is 19.8. The molecule has 2 amide bonds. The first-order chi connectivity index (χ1) is 15.8. The lowest BCUT2D eigenvalue weighted by Crippen LogP contribution is -2.64. The van der Waals surface area contributed by atoms with Gasteiger partial charge in [0.2, 0.25) is 5.91 Å². The lowest BCUT2D eigenvalue weighted by molar-refractivity contribution is -0.126. The van der Waals surface area contributed by atoms with Gasteiger partial charge in [0.1, 0.15) is 11.2 Å². The van der Waals surface area contributed by atoms with Crippen LogP contribution < -0.4 is 19.7 Å². The first-order valence-corrected chi connectivity index (χ1v) is 11.2. The summed E-state index contributed by atoms with van der Waals surface area (Å²) in [5.74, 6) is 1.10. The molecule has 0 unspecified atom stereocenters. The second kappa shape index (κ2) is 8.81. The van der Waals surface area contributed by atoms with E-state index >= 15 is 0 Å². The molecular formula is C26H31N3O4. The molecule has 1 aliphatic rings. The van der Waals surface area contributed by atoms with E-state index < -0.39 is 5.54 Å². The van der Waals surface area contributed by atoms with E-state index in [1.807, 2.05) is 41.8 Å². The van der Waals surface area contributed by atoms with Gasteiger partial charge in [0.25, 0.3) is 5.91 Å². The van der Waals surface area contributed by atoms with Crippen LogP contribution in [0.2, 0.25) is 0 Å². The van der Waals surface area contributed by atoms with Crippen molar-refractivity contribution in [1.82, 2.24) is 9.88 Å². The third-order valence-electron chi connectivity index (χ3n) is 6.31. The van der Waals surface area contributed by atoms with Gasteiger partial charge in [-0.1, -0.05) is 32.0 Å². The first kappa shape index (κ1) is 22.7. The van der Waals surface area contributed by atoms with Crippen LogP contribution in [0.3, 0.4) is 0 Å². The molecule has 0 aliphatic carbocycles. The first-order valence-electron chi connectivity index (χ1n) is 11.2. The number of fused-ring (bicyclic) bond motifs is 3. The summed E-state index contributed by atoms with van der Waals surface area (Å²) in [4.78, 5) is 29.1. The van der Waals surface area contributed by atoms with E-state index in [0.717, 1.165) is 17.3 Å². The van der Waals surface area contributed by atoms with E-state index in [1.165, 1.54) is 0 Å². The van der Waals surface area contributed by atoms with Gasteiger partial charge in [-0.05, 0) is 43.5 Å². The van der Waals surface area contributed by atoms with Crippen molar-refractivity contribution < 1.29 is 19.1 Å². The second-order valence-corrected chi connectivity index (χ2v) is 9.07. The number of anilines is 1. The van der Waals surface area contributed by atoms with Gasteiger partial charge < -0.3 is 19.4 Å². The number of hydrogen-bond acceptors (Lipinski definition) is 4. The minimum Gasteiger partial charge on any atom is -0.493 e. The molecule has 2 aromatic carbocycles. The Kier molecular flexibility index (Phi) is 6.06. The van der Waals surface area contributed by atoms with Gasteiger partial charge in [0.05, 0.1) is 20.8 Å². The van der Waals surface area contributed by atoms with Crippen LogP contribution >= 0.6 is 0 Å². The van der Waals surface area contributed by atoms with Crippen molar-refractivity contribution in [1.29, 1.82) is 0 Å². The third kappa shape index (κ3) is 3.92. The molecule has 3 aromatic rings. The Hall–Kier alpha value is -3.48. The van der Waals surface area contributed by atoms with E-state index in [1.54, 1.807) is 37.3 Å². The molecule has 0 spiro atoms. The summed E-state index contributed by atoms with van der Waals surface area (Å²) in [5.41, 5.74) is 0.936. The molecule has 1 aliphatic heterocycles. The zero-order valence-corrected chi connectivity index (χ0v) is 19.8. The number of nitrogens with zero attached hydrogens (tertiary/aromatic N) is 2. The quantitative estimate of drug-likeness (QED) is 0.586. The van der Waals surface area contributed by atoms with Crippen LogP contribution in [-0.2, 0) is 11.3 Å². The molecule has 174 valence electrons. The van der Waals surface area contributed by atoms with Gasteiger partial charge in [-0.15, -0.1) is 0 Å². The Labute approximate surface area is 194 Å². The zero-order chi connectivity index (χ0) is 23.8. The Balaban J connectivity index is 1.83. The number of amides is 2. The van der Waals surface area contributed by atoms with Crippen molar-refractivity contribution in [3.05, 3.63) is 54.2 Å². The molecule has 0 bridgehead atoms. The summed E-state index contributed by atoms with van der Waals surface area (Å²) in [6.45, 7) is 6.95. The monoisotopic (exact) mass is 449 g/mol. The van der Waals surface area contributed by atoms with Gasteiger partial charge in [0, 0.05) is 29.2 Å². The molecule has 0 radical (unpaired) electrons. The fraction of sp³-hybridized carbons (Fsp3) is 0.385. The maximum atomic E-state index is 13.9. The van der Waals surface area contributed by atoms with Gasteiger partial charge in [-0.3, -0.25) is 14.5 Å². The largest absolute Gasteiger partial charge is 0.493 e. The van der Waals surface area contributed by atoms with E-state index in [2.05, 4.69) is 19.2 Å². The Morgan fingerprint density at radius 2 is 1.82 bits per heavy atom. The SMILES string of the molecule is COc1ccc(N2C(=O)c3cc4ccccc4n3C[C@@]2(C)C(=O)NCCC(C)C)cc1OC. The number of benzene rings is 2. The number of aromatic nitrogens is 1. The highest BCUT2D eigenvalue weighted by Gasteiger charge is 2.48. The summed E-state index contributed by atoms with van der Waals surface area (Å²) in [7, 11) is 3.11. The maximum absolute atomic E-state index is 13.9. The van der Waals surface area contributed by atoms with Crippen molar-refractivity contribution in [2.75, 3.05) is 25.7 Å². The normalized spacial score (nSPS) is 17.9. The predicted octanol–water partition coefficient (Wildman–Crippen LogP) is 4.24. The summed E-state index contributed by atoms with van der Waals surface area (Å²) in [6.07, 6.45) is 0.865. The summed E-state index contributed by atoms with van der Waals surface area (Å²) in [5, 5.41) is 4.03. The number of methoxy groups -OCH3 is 2. The average Bonchev–Trinajstić information content (AvgIpc) is 3.17. The highest BCUT2D eigenvalue weighted by molar-refractivity contribution is 6.14. The fourth-order valence-corrected chi connectivity index (χ4v) is 4.48. The summed E-state index contributed by atoms with van der Waals surface area (Å²) >= 11 is 0. The topological polar surface area (TPSA) is 72.8 Å². The van der Waals surface area contributed by atoms with Crippen molar-refractivity contribution in [3.63, 3.8) is 0 Å². The van der Waals surface area contributed by atoms with E-state index in [9.17, 15) is 9.59 Å². The predicted molar refractivity (Wildman–Crippen MR) is 129 cm³/mol. The number of ether oxygens (including phenoxy) is 2. The van der Waals surface area contributed by atoms with Crippen molar-refractivity contribution >= 4 is 28.4 Å². The number of hydrogen-bond donors (Lipinski definition) is 1. The molecular weight excluding hydrogens is 418 g/mol. The van der Waals surface area contributed by atoms with Crippen LogP contribution in [0.25, 0.3) is 10.9 Å². The highest BCUT2D eigenvalue weighted by Crippen LogP contribution is 2.39. The van der Waals surface area contributed by atoms with Crippen molar-refractivity contribution in [3.8, 4) is 11.5 Å². The summed E-state index contributed by atoms with van der Waals surface area (Å²) < 4.78 is 12.8. The third-order valence-corrected chi connectivity index (χ3v) is 6.31. The molecule has 2 heterocycles. The molecule has 0 saturated heterocycles. The van der Waals surface area contributed by atoms with Gasteiger partial charge in [-0.25, -0.2) is 0 Å². The fourth-order valence-electron chi connectivity index (χ4n) is 4.48. The number of para-hydroxylation sites is 1. The van der Waals surface area contributed by atoms with Crippen LogP contribution in [0.1, 0.15) is 37.7 Å². The highest BCUT2D eigenvalue weighted by atomic mass is 16.5. The smallest absolute Gasteiger partial charge is 0.275 e. The van der Waals surface area contributed by atoms with E-state index in [4.69, 9.17) is 9.47 Å². The Morgan fingerprint density at radius 3 is 2.52 bits per heavy atom. The number of carbonyl (C=O) groups is 2. The second-order valence-electron chi connectivity index (χ2n) is 9.07. The number of carbonyl (C=O) groups excluding carboxylic acids is 2. The maximum Gasteiger partial charge on any atom is 0.275 e. The molecule has 4 rings (SSSR count). The van der Waals surface area contributed by atoms with Crippen LogP contribution in [0.5, 0.6) is 11.5 Å². The van der Waals surface area contributed by atoms with Crippen molar-refractivity contribution in [2.24, 2.45) is 5.92 Å². The van der Waals surface area contributed by atoms with Crippen LogP contribution in [-0.4, -0.2) is 42.7 Å². The minimum absolute atomic E-state index is 0.185. The molecule has 1 N–H and O–H groups in total. The molecule has 0 saturated carbocycles. The molecule has 7 heteroatoms. The van der Waals surface area contributed by atoms with Gasteiger partial charge >= 0.3 is 0 Å². The average molecular weight is 450 g/mol. The lowest BCUT2D eigenvalue weighted by atomic mass is 9.93. The van der Waals surface area contributed by atoms with Gasteiger partial charge in [-0.2, -0.15) is 0 Å². The molecule has 1 atom stereocenters. The van der Waals surface area contributed by atoms with Gasteiger partial charge in [0.15, 0.2) is 11.5 Å². The Bertz CT molecular complexity index is 1200.